The second-order valence-electron chi connectivity index (χ2n) is 6.99. The maximum Gasteiger partial charge on any atom is 0.319 e. The quantitative estimate of drug-likeness (QED) is 0.810. The first-order valence-corrected chi connectivity index (χ1v) is 10.5. The Morgan fingerprint density at radius 3 is 2.58 bits per heavy atom. The van der Waals surface area contributed by atoms with Crippen molar-refractivity contribution < 1.29 is 22.7 Å². The molecule has 2 amide bonds. The van der Waals surface area contributed by atoms with E-state index in [9.17, 15) is 13.2 Å². The molecule has 2 aliphatic heterocycles. The number of urea groups is 1. The number of nitrogens with one attached hydrogen (secondary N) is 2. The summed E-state index contributed by atoms with van der Waals surface area (Å²) in [4.78, 5) is 12.1. The van der Waals surface area contributed by atoms with Gasteiger partial charge in [0.05, 0.1) is 5.25 Å². The highest BCUT2D eigenvalue weighted by Gasteiger charge is 2.41. The van der Waals surface area contributed by atoms with Crippen molar-refractivity contribution in [1.82, 2.24) is 9.62 Å². The lowest BCUT2D eigenvalue weighted by Crippen LogP contribution is -2.43. The molecule has 0 aromatic heterocycles. The van der Waals surface area contributed by atoms with Crippen LogP contribution in [0.25, 0.3) is 0 Å². The van der Waals surface area contributed by atoms with Gasteiger partial charge in [-0.15, -0.1) is 0 Å². The minimum Gasteiger partial charge on any atom is -0.454 e. The fourth-order valence-electron chi connectivity index (χ4n) is 3.33. The molecule has 1 aromatic carbocycles. The molecule has 9 heteroatoms. The Bertz CT molecular complexity index is 786. The van der Waals surface area contributed by atoms with E-state index < -0.39 is 10.0 Å². The van der Waals surface area contributed by atoms with Gasteiger partial charge in [-0.25, -0.2) is 17.5 Å². The predicted molar refractivity (Wildman–Crippen MR) is 95.8 cm³/mol. The zero-order chi connectivity index (χ0) is 18.1. The van der Waals surface area contributed by atoms with E-state index in [0.717, 1.165) is 25.7 Å². The molecule has 0 unspecified atom stereocenters. The summed E-state index contributed by atoms with van der Waals surface area (Å²) in [5.74, 6) is 1.58. The summed E-state index contributed by atoms with van der Waals surface area (Å²) in [6.45, 7) is 1.83. The molecule has 4 rings (SSSR count). The van der Waals surface area contributed by atoms with Crippen LogP contribution >= 0.6 is 0 Å². The number of piperidine rings is 1. The van der Waals surface area contributed by atoms with E-state index in [-0.39, 0.29) is 18.1 Å². The minimum atomic E-state index is -3.08. The van der Waals surface area contributed by atoms with Crippen LogP contribution in [0.4, 0.5) is 10.5 Å². The number of amides is 2. The molecule has 0 radical (unpaired) electrons. The highest BCUT2D eigenvalue weighted by molar-refractivity contribution is 7.90. The second-order valence-corrected chi connectivity index (χ2v) is 9.20. The van der Waals surface area contributed by atoms with Crippen molar-refractivity contribution in [3.8, 4) is 11.5 Å². The molecule has 2 fully saturated rings. The topological polar surface area (TPSA) is 97.0 Å². The lowest BCUT2D eigenvalue weighted by atomic mass is 9.98. The molecule has 26 heavy (non-hydrogen) atoms. The van der Waals surface area contributed by atoms with E-state index in [1.807, 2.05) is 0 Å². The maximum atomic E-state index is 12.2. The van der Waals surface area contributed by atoms with Crippen molar-refractivity contribution in [3.05, 3.63) is 18.2 Å². The molecule has 1 aliphatic carbocycles. The van der Waals surface area contributed by atoms with Gasteiger partial charge in [-0.2, -0.15) is 0 Å². The van der Waals surface area contributed by atoms with Crippen molar-refractivity contribution in [2.45, 2.75) is 30.9 Å². The largest absolute Gasteiger partial charge is 0.454 e. The van der Waals surface area contributed by atoms with Crippen LogP contribution in [0.2, 0.25) is 0 Å². The summed E-state index contributed by atoms with van der Waals surface area (Å²) in [7, 11) is -3.08. The van der Waals surface area contributed by atoms with Gasteiger partial charge >= 0.3 is 6.03 Å². The third-order valence-electron chi connectivity index (χ3n) is 5.06. The molecular formula is C17H23N3O5S. The molecule has 0 bridgehead atoms. The van der Waals surface area contributed by atoms with Crippen LogP contribution in [0.3, 0.4) is 0 Å². The fourth-order valence-corrected chi connectivity index (χ4v) is 5.20. The van der Waals surface area contributed by atoms with E-state index >= 15 is 0 Å². The Labute approximate surface area is 152 Å². The van der Waals surface area contributed by atoms with Crippen LogP contribution in [0.1, 0.15) is 25.7 Å². The fraction of sp³-hybridized carbons (Fsp3) is 0.588. The summed E-state index contributed by atoms with van der Waals surface area (Å²) < 4.78 is 36.6. The molecule has 142 valence electrons. The van der Waals surface area contributed by atoms with E-state index in [2.05, 4.69) is 10.6 Å². The number of benzene rings is 1. The number of fused-ring (bicyclic) bond motifs is 1. The summed E-state index contributed by atoms with van der Waals surface area (Å²) in [6.07, 6.45) is 3.14. The van der Waals surface area contributed by atoms with Gasteiger partial charge in [0.15, 0.2) is 11.5 Å². The molecule has 2 N–H and O–H groups in total. The van der Waals surface area contributed by atoms with E-state index in [1.54, 1.807) is 22.5 Å². The van der Waals surface area contributed by atoms with Gasteiger partial charge in [-0.1, -0.05) is 0 Å². The highest BCUT2D eigenvalue weighted by atomic mass is 32.2. The number of rotatable bonds is 5. The van der Waals surface area contributed by atoms with Gasteiger partial charge in [0, 0.05) is 31.4 Å². The van der Waals surface area contributed by atoms with Crippen LogP contribution in [0.15, 0.2) is 18.2 Å². The van der Waals surface area contributed by atoms with Crippen LogP contribution in [-0.2, 0) is 10.0 Å². The molecule has 1 saturated carbocycles. The average Bonchev–Trinajstić information content (AvgIpc) is 3.40. The van der Waals surface area contributed by atoms with Crippen molar-refractivity contribution in [1.29, 1.82) is 0 Å². The van der Waals surface area contributed by atoms with Crippen molar-refractivity contribution >= 4 is 21.7 Å². The summed E-state index contributed by atoms with van der Waals surface area (Å²) in [5.41, 5.74) is 0.636. The first kappa shape index (κ1) is 17.4. The normalized spacial score (nSPS) is 20.8. The number of ether oxygens (including phenoxy) is 2. The molecule has 1 saturated heterocycles. The van der Waals surface area contributed by atoms with Crippen LogP contribution in [0, 0.1) is 5.92 Å². The molecule has 8 nitrogen and oxygen atoms in total. The Morgan fingerprint density at radius 2 is 1.85 bits per heavy atom. The second kappa shape index (κ2) is 6.96. The number of hydrogen-bond donors (Lipinski definition) is 2. The monoisotopic (exact) mass is 381 g/mol. The van der Waals surface area contributed by atoms with Gasteiger partial charge in [-0.3, -0.25) is 0 Å². The number of nitrogens with zero attached hydrogens (tertiary/aromatic N) is 1. The number of sulfonamides is 1. The van der Waals surface area contributed by atoms with E-state index in [4.69, 9.17) is 9.47 Å². The van der Waals surface area contributed by atoms with Gasteiger partial charge in [0.25, 0.3) is 0 Å². The molecule has 3 aliphatic rings. The van der Waals surface area contributed by atoms with E-state index in [1.165, 1.54) is 0 Å². The Balaban J connectivity index is 1.21. The third kappa shape index (κ3) is 3.73. The van der Waals surface area contributed by atoms with Crippen molar-refractivity contribution in [3.63, 3.8) is 0 Å². The highest BCUT2D eigenvalue weighted by Crippen LogP contribution is 2.34. The molecule has 0 spiro atoms. The third-order valence-corrected chi connectivity index (χ3v) is 7.46. The minimum absolute atomic E-state index is 0.148. The number of hydrogen-bond acceptors (Lipinski definition) is 5. The van der Waals surface area contributed by atoms with Crippen molar-refractivity contribution in [2.75, 3.05) is 31.7 Å². The SMILES string of the molecule is O=C(NCC1CCN(S(=O)(=O)C2CC2)CC1)Nc1ccc2c(c1)OCO2. The van der Waals surface area contributed by atoms with Crippen LogP contribution in [0.5, 0.6) is 11.5 Å². The maximum absolute atomic E-state index is 12.2. The standard InChI is InChI=1S/C17H23N3O5S/c21-17(19-13-1-4-15-16(9-13)25-11-24-15)18-10-12-5-7-20(8-6-12)26(22,23)14-2-3-14/h1,4,9,12,14H,2-3,5-8,10-11H2,(H2,18,19,21). The molecule has 2 heterocycles. The Kier molecular flexibility index (Phi) is 4.66. The zero-order valence-corrected chi connectivity index (χ0v) is 15.3. The van der Waals surface area contributed by atoms with Crippen LogP contribution in [-0.4, -0.2) is 50.4 Å². The average molecular weight is 381 g/mol. The van der Waals surface area contributed by atoms with Gasteiger partial charge in [0.1, 0.15) is 0 Å². The Morgan fingerprint density at radius 1 is 1.12 bits per heavy atom. The van der Waals surface area contributed by atoms with Gasteiger partial charge in [0.2, 0.25) is 16.8 Å². The first-order chi connectivity index (χ1) is 12.5. The summed E-state index contributed by atoms with van der Waals surface area (Å²) in [5, 5.41) is 5.49. The lowest BCUT2D eigenvalue weighted by Gasteiger charge is -2.31. The molecule has 1 aromatic rings. The van der Waals surface area contributed by atoms with Crippen molar-refractivity contribution in [2.24, 2.45) is 5.92 Å². The van der Waals surface area contributed by atoms with Crippen LogP contribution < -0.4 is 20.1 Å². The first-order valence-electron chi connectivity index (χ1n) is 8.96. The number of anilines is 1. The molecular weight excluding hydrogens is 358 g/mol. The smallest absolute Gasteiger partial charge is 0.319 e. The molecule has 0 atom stereocenters. The number of carbonyl (C=O) groups is 1. The predicted octanol–water partition coefficient (Wildman–Crippen LogP) is 1.74. The van der Waals surface area contributed by atoms with Gasteiger partial charge < -0.3 is 20.1 Å². The van der Waals surface area contributed by atoms with Gasteiger partial charge in [-0.05, 0) is 43.7 Å². The van der Waals surface area contributed by atoms with E-state index in [0.29, 0.717) is 42.7 Å². The zero-order valence-electron chi connectivity index (χ0n) is 14.4. The summed E-state index contributed by atoms with van der Waals surface area (Å²) in [6, 6.07) is 4.96. The summed E-state index contributed by atoms with van der Waals surface area (Å²) >= 11 is 0. The number of carbonyl (C=O) groups excluding carboxylic acids is 1. The Hall–Kier alpha value is -2.00. The lowest BCUT2D eigenvalue weighted by molar-refractivity contribution is 0.174.